The number of morpholine rings is 1. The average Bonchev–Trinajstić information content (AvgIpc) is 2.37. The molecule has 0 spiro atoms. The lowest BCUT2D eigenvalue weighted by molar-refractivity contribution is -0.154. The van der Waals surface area contributed by atoms with Crippen molar-refractivity contribution in [1.29, 1.82) is 0 Å². The smallest absolute Gasteiger partial charge is 0.334 e. The maximum atomic E-state index is 11.8. The van der Waals surface area contributed by atoms with Crippen molar-refractivity contribution in [3.63, 3.8) is 0 Å². The average molecular weight is 274 g/mol. The monoisotopic (exact) mass is 274 g/mol. The fraction of sp³-hybridized carbons (Fsp3) is 0.833. The zero-order chi connectivity index (χ0) is 14.3. The molecule has 0 saturated carbocycles. The molecule has 1 heterocycles. The molecular weight excluding hydrogens is 252 g/mol. The van der Waals surface area contributed by atoms with Gasteiger partial charge in [-0.25, -0.2) is 9.59 Å². The first-order valence-electron chi connectivity index (χ1n) is 6.45. The molecule has 19 heavy (non-hydrogen) atoms. The highest BCUT2D eigenvalue weighted by Gasteiger charge is 2.28. The molecule has 1 atom stereocenters. The molecule has 110 valence electrons. The number of carboxylic acids is 1. The molecule has 2 amide bonds. The molecule has 1 fully saturated rings. The van der Waals surface area contributed by atoms with E-state index in [0.717, 1.165) is 0 Å². The number of nitrogens with zero attached hydrogens (tertiary/aromatic N) is 1. The molecule has 2 N–H and O–H groups in total. The van der Waals surface area contributed by atoms with Crippen LogP contribution >= 0.6 is 0 Å². The number of nitrogens with one attached hydrogen (secondary N) is 1. The first-order chi connectivity index (χ1) is 9.00. The molecule has 0 bridgehead atoms. The van der Waals surface area contributed by atoms with Gasteiger partial charge in [0.05, 0.1) is 19.8 Å². The molecule has 1 aliphatic rings. The highest BCUT2D eigenvalue weighted by Crippen LogP contribution is 2.05. The van der Waals surface area contributed by atoms with Crippen LogP contribution in [0.5, 0.6) is 0 Å². The third-order valence-corrected chi connectivity index (χ3v) is 2.60. The van der Waals surface area contributed by atoms with Gasteiger partial charge >= 0.3 is 12.0 Å². The van der Waals surface area contributed by atoms with Crippen molar-refractivity contribution in [2.24, 2.45) is 5.92 Å². The maximum absolute atomic E-state index is 11.8. The number of hydrogen-bond acceptors (Lipinski definition) is 4. The Morgan fingerprint density at radius 1 is 1.53 bits per heavy atom. The van der Waals surface area contributed by atoms with Gasteiger partial charge in [-0.3, -0.25) is 0 Å². The van der Waals surface area contributed by atoms with Crippen LogP contribution in [0.15, 0.2) is 0 Å². The minimum atomic E-state index is -1.04. The van der Waals surface area contributed by atoms with E-state index in [1.807, 2.05) is 0 Å². The Kier molecular flexibility index (Phi) is 6.58. The number of ether oxygens (including phenoxy) is 2. The number of hydrogen-bond donors (Lipinski definition) is 2. The summed E-state index contributed by atoms with van der Waals surface area (Å²) in [6, 6.07) is -0.275. The summed E-state index contributed by atoms with van der Waals surface area (Å²) in [5.41, 5.74) is 0. The third kappa shape index (κ3) is 5.89. The van der Waals surface area contributed by atoms with Crippen molar-refractivity contribution in [3.8, 4) is 0 Å². The van der Waals surface area contributed by atoms with Crippen molar-refractivity contribution in [2.75, 3.05) is 39.5 Å². The van der Waals surface area contributed by atoms with E-state index in [-0.39, 0.29) is 19.2 Å². The lowest BCUT2D eigenvalue weighted by Crippen LogP contribution is -2.52. The molecule has 1 saturated heterocycles. The van der Waals surface area contributed by atoms with E-state index in [2.05, 4.69) is 19.2 Å². The van der Waals surface area contributed by atoms with Crippen LogP contribution < -0.4 is 5.32 Å². The highest BCUT2D eigenvalue weighted by atomic mass is 16.5. The summed E-state index contributed by atoms with van der Waals surface area (Å²) >= 11 is 0. The van der Waals surface area contributed by atoms with Crippen molar-refractivity contribution < 1.29 is 24.2 Å². The number of amides is 2. The summed E-state index contributed by atoms with van der Waals surface area (Å²) in [7, 11) is 0. The van der Waals surface area contributed by atoms with E-state index in [1.165, 1.54) is 4.90 Å². The van der Waals surface area contributed by atoms with Crippen molar-refractivity contribution in [2.45, 2.75) is 20.0 Å². The first-order valence-corrected chi connectivity index (χ1v) is 6.45. The minimum Gasteiger partial charge on any atom is -0.479 e. The zero-order valence-electron chi connectivity index (χ0n) is 11.4. The number of rotatable bonds is 6. The van der Waals surface area contributed by atoms with Crippen LogP contribution in [0.3, 0.4) is 0 Å². The van der Waals surface area contributed by atoms with Crippen molar-refractivity contribution in [3.05, 3.63) is 0 Å². The Morgan fingerprint density at radius 2 is 2.26 bits per heavy atom. The van der Waals surface area contributed by atoms with Crippen LogP contribution in [0, 0.1) is 5.92 Å². The number of aliphatic carboxylic acids is 1. The van der Waals surface area contributed by atoms with Gasteiger partial charge in [-0.1, -0.05) is 13.8 Å². The molecule has 1 rings (SSSR count). The predicted molar refractivity (Wildman–Crippen MR) is 68.0 cm³/mol. The lowest BCUT2D eigenvalue weighted by Gasteiger charge is -2.30. The first kappa shape index (κ1) is 15.7. The predicted octanol–water partition coefficient (Wildman–Crippen LogP) is 0.154. The zero-order valence-corrected chi connectivity index (χ0v) is 11.4. The van der Waals surface area contributed by atoms with E-state index in [4.69, 9.17) is 14.6 Å². The van der Waals surface area contributed by atoms with Gasteiger partial charge in [-0.2, -0.15) is 0 Å². The number of carbonyl (C=O) groups is 2. The fourth-order valence-electron chi connectivity index (χ4n) is 1.64. The number of carboxylic acid groups (broad SMARTS) is 1. The van der Waals surface area contributed by atoms with E-state index in [1.54, 1.807) is 0 Å². The van der Waals surface area contributed by atoms with Gasteiger partial charge in [0, 0.05) is 19.7 Å². The lowest BCUT2D eigenvalue weighted by atomic mass is 10.2. The summed E-state index contributed by atoms with van der Waals surface area (Å²) in [5.74, 6) is -0.580. The van der Waals surface area contributed by atoms with Gasteiger partial charge < -0.3 is 24.8 Å². The second-order valence-electron chi connectivity index (χ2n) is 4.84. The van der Waals surface area contributed by atoms with Crippen LogP contribution in [-0.2, 0) is 14.3 Å². The molecular formula is C12H22N2O5. The highest BCUT2D eigenvalue weighted by molar-refractivity contribution is 5.77. The summed E-state index contributed by atoms with van der Waals surface area (Å²) < 4.78 is 10.4. The SMILES string of the molecule is CC(C)COCCNC(=O)N1CCOC(C(=O)O)C1. The van der Waals surface area contributed by atoms with Crippen LogP contribution in [0.25, 0.3) is 0 Å². The van der Waals surface area contributed by atoms with Gasteiger partial charge in [-0.15, -0.1) is 0 Å². The summed E-state index contributed by atoms with van der Waals surface area (Å²) in [6.45, 7) is 6.37. The molecule has 1 unspecified atom stereocenters. The van der Waals surface area contributed by atoms with E-state index in [0.29, 0.717) is 32.2 Å². The van der Waals surface area contributed by atoms with Crippen LogP contribution in [0.2, 0.25) is 0 Å². The van der Waals surface area contributed by atoms with Crippen molar-refractivity contribution >= 4 is 12.0 Å². The van der Waals surface area contributed by atoms with E-state index >= 15 is 0 Å². The van der Waals surface area contributed by atoms with Crippen LogP contribution in [0.4, 0.5) is 4.79 Å². The summed E-state index contributed by atoms with van der Waals surface area (Å²) in [6.07, 6.45) is -0.934. The standard InChI is InChI=1S/C12H22N2O5/c1-9(2)8-18-5-3-13-12(17)14-4-6-19-10(7-14)11(15)16/h9-10H,3-8H2,1-2H3,(H,13,17)(H,15,16). The molecule has 7 heteroatoms. The Bertz CT molecular complexity index is 308. The minimum absolute atomic E-state index is 0.0774. The molecule has 0 aliphatic carbocycles. The maximum Gasteiger partial charge on any atom is 0.334 e. The Morgan fingerprint density at radius 3 is 2.89 bits per heavy atom. The molecule has 7 nitrogen and oxygen atoms in total. The molecule has 0 aromatic rings. The van der Waals surface area contributed by atoms with E-state index in [9.17, 15) is 9.59 Å². The molecule has 0 aromatic carbocycles. The van der Waals surface area contributed by atoms with Gasteiger partial charge in [-0.05, 0) is 5.92 Å². The quantitative estimate of drug-likeness (QED) is 0.673. The van der Waals surface area contributed by atoms with Crippen LogP contribution in [-0.4, -0.2) is 67.6 Å². The second-order valence-corrected chi connectivity index (χ2v) is 4.84. The Labute approximate surface area is 112 Å². The van der Waals surface area contributed by atoms with Gasteiger partial charge in [0.1, 0.15) is 0 Å². The third-order valence-electron chi connectivity index (χ3n) is 2.60. The Hall–Kier alpha value is -1.34. The topological polar surface area (TPSA) is 88.1 Å². The number of carbonyl (C=O) groups excluding carboxylic acids is 1. The van der Waals surface area contributed by atoms with Gasteiger partial charge in [0.25, 0.3) is 0 Å². The van der Waals surface area contributed by atoms with E-state index < -0.39 is 12.1 Å². The van der Waals surface area contributed by atoms with Crippen molar-refractivity contribution in [1.82, 2.24) is 10.2 Å². The largest absolute Gasteiger partial charge is 0.479 e. The fourth-order valence-corrected chi connectivity index (χ4v) is 1.64. The van der Waals surface area contributed by atoms with Crippen LogP contribution in [0.1, 0.15) is 13.8 Å². The number of urea groups is 1. The summed E-state index contributed by atoms with van der Waals surface area (Å²) in [4.78, 5) is 24.0. The van der Waals surface area contributed by atoms with Gasteiger partial charge in [0.2, 0.25) is 0 Å². The molecule has 1 aliphatic heterocycles. The molecule has 0 radical (unpaired) electrons. The van der Waals surface area contributed by atoms with Gasteiger partial charge in [0.15, 0.2) is 6.10 Å². The normalized spacial score (nSPS) is 19.5. The molecule has 0 aromatic heterocycles. The second kappa shape index (κ2) is 7.96. The summed E-state index contributed by atoms with van der Waals surface area (Å²) in [5, 5.41) is 11.5. The Balaban J connectivity index is 2.20.